The molecule has 1 aromatic rings. The Bertz CT molecular complexity index is 499. The summed E-state index contributed by atoms with van der Waals surface area (Å²) in [6, 6.07) is 7.14. The van der Waals surface area contributed by atoms with Crippen molar-refractivity contribution < 1.29 is 9.53 Å². The van der Waals surface area contributed by atoms with Crippen LogP contribution in [-0.4, -0.2) is 43.6 Å². The Labute approximate surface area is 113 Å². The topological polar surface area (TPSA) is 41.6 Å². The quantitative estimate of drug-likeness (QED) is 0.809. The Morgan fingerprint density at radius 2 is 2.16 bits per heavy atom. The first-order chi connectivity index (χ1) is 9.26. The van der Waals surface area contributed by atoms with Gasteiger partial charge < -0.3 is 15.0 Å². The molecule has 1 aromatic carbocycles. The van der Waals surface area contributed by atoms with Gasteiger partial charge in [-0.3, -0.25) is 4.79 Å². The molecular formula is C15H18N2O2. The van der Waals surface area contributed by atoms with E-state index in [0.717, 1.165) is 18.8 Å². The van der Waals surface area contributed by atoms with Crippen LogP contribution in [0.25, 0.3) is 0 Å². The van der Waals surface area contributed by atoms with Gasteiger partial charge in [0.05, 0.1) is 7.11 Å². The summed E-state index contributed by atoms with van der Waals surface area (Å²) < 4.78 is 5.10. The van der Waals surface area contributed by atoms with Gasteiger partial charge in [0, 0.05) is 25.2 Å². The number of nitrogens with one attached hydrogen (secondary N) is 1. The van der Waals surface area contributed by atoms with Crippen molar-refractivity contribution in [1.29, 1.82) is 0 Å². The number of hydrogen-bond donors (Lipinski definition) is 1. The molecule has 1 saturated heterocycles. The van der Waals surface area contributed by atoms with Gasteiger partial charge in [-0.15, -0.1) is 5.92 Å². The predicted octanol–water partition coefficient (Wildman–Crippen LogP) is 1.13. The molecule has 1 aliphatic rings. The second-order valence-corrected chi connectivity index (χ2v) is 4.34. The maximum Gasteiger partial charge on any atom is 0.254 e. The van der Waals surface area contributed by atoms with E-state index in [9.17, 15) is 4.79 Å². The molecule has 0 radical (unpaired) electrons. The molecule has 1 aliphatic heterocycles. The molecule has 4 heteroatoms. The fourth-order valence-electron chi connectivity index (χ4n) is 2.14. The molecular weight excluding hydrogens is 240 g/mol. The minimum Gasteiger partial charge on any atom is -0.497 e. The van der Waals surface area contributed by atoms with Crippen LogP contribution < -0.4 is 10.1 Å². The van der Waals surface area contributed by atoms with Crippen molar-refractivity contribution in [3.63, 3.8) is 0 Å². The number of carbonyl (C=O) groups excluding carboxylic acids is 1. The number of carbonyl (C=O) groups is 1. The Balaban J connectivity index is 2.17. The maximum absolute atomic E-state index is 12.5. The third kappa shape index (κ3) is 3.07. The molecule has 1 fully saturated rings. The van der Waals surface area contributed by atoms with Crippen molar-refractivity contribution in [2.75, 3.05) is 26.7 Å². The number of amides is 1. The van der Waals surface area contributed by atoms with E-state index in [-0.39, 0.29) is 11.9 Å². The average molecular weight is 258 g/mol. The van der Waals surface area contributed by atoms with Crippen molar-refractivity contribution >= 4 is 5.91 Å². The van der Waals surface area contributed by atoms with Crippen molar-refractivity contribution in [2.45, 2.75) is 13.0 Å². The molecule has 1 unspecified atom stereocenters. The fraction of sp³-hybridized carbons (Fsp3) is 0.400. The normalized spacial score (nSPS) is 18.4. The smallest absolute Gasteiger partial charge is 0.254 e. The Kier molecular flexibility index (Phi) is 4.43. The van der Waals surface area contributed by atoms with Gasteiger partial charge >= 0.3 is 0 Å². The van der Waals surface area contributed by atoms with Gasteiger partial charge in [-0.05, 0) is 31.2 Å². The van der Waals surface area contributed by atoms with E-state index in [2.05, 4.69) is 17.2 Å². The molecule has 1 heterocycles. The Morgan fingerprint density at radius 3 is 2.79 bits per heavy atom. The largest absolute Gasteiger partial charge is 0.497 e. The van der Waals surface area contributed by atoms with Crippen molar-refractivity contribution in [3.05, 3.63) is 29.8 Å². The number of nitrogens with zero attached hydrogens (tertiary/aromatic N) is 1. The third-order valence-electron chi connectivity index (χ3n) is 3.15. The fourth-order valence-corrected chi connectivity index (χ4v) is 2.14. The van der Waals surface area contributed by atoms with Gasteiger partial charge in [-0.25, -0.2) is 0 Å². The van der Waals surface area contributed by atoms with Crippen LogP contribution in [0.3, 0.4) is 0 Å². The third-order valence-corrected chi connectivity index (χ3v) is 3.15. The summed E-state index contributed by atoms with van der Waals surface area (Å²) in [7, 11) is 1.61. The summed E-state index contributed by atoms with van der Waals surface area (Å²) in [5.41, 5.74) is 0.672. The number of methoxy groups -OCH3 is 1. The van der Waals surface area contributed by atoms with Crippen molar-refractivity contribution in [3.8, 4) is 17.6 Å². The number of piperazine rings is 1. The lowest BCUT2D eigenvalue weighted by atomic mass is 10.1. The van der Waals surface area contributed by atoms with Gasteiger partial charge in [0.15, 0.2) is 0 Å². The lowest BCUT2D eigenvalue weighted by Gasteiger charge is -2.33. The van der Waals surface area contributed by atoms with Crippen LogP contribution in [0.5, 0.6) is 5.75 Å². The molecule has 0 bridgehead atoms. The van der Waals surface area contributed by atoms with E-state index in [1.807, 2.05) is 4.90 Å². The molecule has 2 rings (SSSR count). The molecule has 100 valence electrons. The zero-order valence-electron chi connectivity index (χ0n) is 11.3. The number of rotatable bonds is 2. The van der Waals surface area contributed by atoms with Gasteiger partial charge in [-0.2, -0.15) is 0 Å². The summed E-state index contributed by atoms with van der Waals surface area (Å²) in [4.78, 5) is 14.3. The predicted molar refractivity (Wildman–Crippen MR) is 74.1 cm³/mol. The summed E-state index contributed by atoms with van der Waals surface area (Å²) >= 11 is 0. The minimum absolute atomic E-state index is 0.0249. The molecule has 1 N–H and O–H groups in total. The Hall–Kier alpha value is -1.99. The minimum atomic E-state index is -0.0478. The highest BCUT2D eigenvalue weighted by atomic mass is 16.5. The van der Waals surface area contributed by atoms with E-state index in [1.165, 1.54) is 0 Å². The van der Waals surface area contributed by atoms with Crippen LogP contribution in [0.1, 0.15) is 17.3 Å². The first-order valence-electron chi connectivity index (χ1n) is 6.34. The summed E-state index contributed by atoms with van der Waals surface area (Å²) in [6.45, 7) is 4.02. The van der Waals surface area contributed by atoms with Crippen molar-refractivity contribution in [1.82, 2.24) is 10.2 Å². The van der Waals surface area contributed by atoms with Crippen LogP contribution in [-0.2, 0) is 0 Å². The second kappa shape index (κ2) is 6.26. The first-order valence-corrected chi connectivity index (χ1v) is 6.34. The lowest BCUT2D eigenvalue weighted by molar-refractivity contribution is 0.0689. The average Bonchev–Trinajstić information content (AvgIpc) is 2.47. The maximum atomic E-state index is 12.5. The number of hydrogen-bond acceptors (Lipinski definition) is 3. The molecule has 0 saturated carbocycles. The van der Waals surface area contributed by atoms with Crippen LogP contribution >= 0.6 is 0 Å². The summed E-state index contributed by atoms with van der Waals surface area (Å²) in [5, 5.41) is 3.26. The monoisotopic (exact) mass is 258 g/mol. The van der Waals surface area contributed by atoms with Crippen LogP contribution in [0.2, 0.25) is 0 Å². The Morgan fingerprint density at radius 1 is 1.42 bits per heavy atom. The highest BCUT2D eigenvalue weighted by molar-refractivity contribution is 5.94. The van der Waals surface area contributed by atoms with E-state index in [4.69, 9.17) is 4.74 Å². The molecule has 0 spiro atoms. The lowest BCUT2D eigenvalue weighted by Crippen LogP contribution is -2.53. The molecule has 19 heavy (non-hydrogen) atoms. The van der Waals surface area contributed by atoms with E-state index >= 15 is 0 Å². The molecule has 1 amide bonds. The van der Waals surface area contributed by atoms with Gasteiger partial charge in [-0.1, -0.05) is 5.92 Å². The van der Waals surface area contributed by atoms with Gasteiger partial charge in [0.1, 0.15) is 11.8 Å². The zero-order chi connectivity index (χ0) is 13.7. The summed E-state index contributed by atoms with van der Waals surface area (Å²) in [5.74, 6) is 6.74. The molecule has 1 atom stereocenters. The highest BCUT2D eigenvalue weighted by Crippen LogP contribution is 2.15. The van der Waals surface area contributed by atoms with Crippen molar-refractivity contribution in [2.24, 2.45) is 0 Å². The van der Waals surface area contributed by atoms with Crippen LogP contribution in [0.4, 0.5) is 0 Å². The molecule has 0 aromatic heterocycles. The molecule has 0 aliphatic carbocycles. The van der Waals surface area contributed by atoms with Gasteiger partial charge in [0.25, 0.3) is 5.91 Å². The number of benzene rings is 1. The standard InChI is InChI=1S/C15H18N2O2/c1-3-4-13-11-16-9-10-17(13)15(18)12-5-7-14(19-2)8-6-12/h5-8,13,16H,9-11H2,1-2H3. The molecule has 4 nitrogen and oxygen atoms in total. The SMILES string of the molecule is CC#CC1CNCCN1C(=O)c1ccc(OC)cc1. The van der Waals surface area contributed by atoms with E-state index in [0.29, 0.717) is 12.1 Å². The van der Waals surface area contributed by atoms with Crippen LogP contribution in [0, 0.1) is 11.8 Å². The van der Waals surface area contributed by atoms with E-state index in [1.54, 1.807) is 38.3 Å². The zero-order valence-corrected chi connectivity index (χ0v) is 11.3. The van der Waals surface area contributed by atoms with Gasteiger partial charge in [0.2, 0.25) is 0 Å². The summed E-state index contributed by atoms with van der Waals surface area (Å²) in [6.07, 6.45) is 0. The highest BCUT2D eigenvalue weighted by Gasteiger charge is 2.25. The van der Waals surface area contributed by atoms with Crippen LogP contribution in [0.15, 0.2) is 24.3 Å². The first kappa shape index (κ1) is 13.4. The second-order valence-electron chi connectivity index (χ2n) is 4.34. The number of ether oxygens (including phenoxy) is 1. The van der Waals surface area contributed by atoms with E-state index < -0.39 is 0 Å².